The van der Waals surface area contributed by atoms with Crippen LogP contribution in [0, 0.1) is 0 Å². The molecule has 4 heteroatoms. The van der Waals surface area contributed by atoms with E-state index in [-0.39, 0.29) is 6.04 Å². The summed E-state index contributed by atoms with van der Waals surface area (Å²) in [6.07, 6.45) is 7.48. The van der Waals surface area contributed by atoms with E-state index in [1.54, 1.807) is 0 Å². The van der Waals surface area contributed by atoms with Gasteiger partial charge in [-0.2, -0.15) is 5.10 Å². The number of hydrogen-bond donors (Lipinski definition) is 2. The van der Waals surface area contributed by atoms with Crippen molar-refractivity contribution >= 4 is 5.69 Å². The average molecular weight is 282 g/mol. The molecular formula is C17H22N4. The molecule has 1 aromatic heterocycles. The summed E-state index contributed by atoms with van der Waals surface area (Å²) in [6, 6.07) is 8.44. The second kappa shape index (κ2) is 5.19. The van der Waals surface area contributed by atoms with Crippen molar-refractivity contribution in [1.29, 1.82) is 0 Å². The molecule has 2 aliphatic rings. The van der Waals surface area contributed by atoms with Crippen LogP contribution in [-0.4, -0.2) is 16.3 Å². The average Bonchev–Trinajstić information content (AvgIpc) is 3.15. The lowest BCUT2D eigenvalue weighted by molar-refractivity contribution is 0.411. The summed E-state index contributed by atoms with van der Waals surface area (Å²) in [7, 11) is 0. The zero-order valence-electron chi connectivity index (χ0n) is 12.3. The Labute approximate surface area is 125 Å². The quantitative estimate of drug-likeness (QED) is 0.833. The molecule has 3 N–H and O–H groups in total. The van der Waals surface area contributed by atoms with Crippen LogP contribution in [0.25, 0.3) is 0 Å². The van der Waals surface area contributed by atoms with Crippen LogP contribution in [0.5, 0.6) is 0 Å². The number of nitrogens with one attached hydrogen (secondary N) is 1. The maximum Gasteiger partial charge on any atom is 0.0897 e. The number of nitrogen functional groups attached to an aromatic ring is 1. The molecule has 110 valence electrons. The lowest BCUT2D eigenvalue weighted by atomic mass is 9.96. The van der Waals surface area contributed by atoms with Gasteiger partial charge in [0.05, 0.1) is 17.9 Å². The molecule has 4 nitrogen and oxygen atoms in total. The van der Waals surface area contributed by atoms with E-state index >= 15 is 0 Å². The molecule has 0 bridgehead atoms. The van der Waals surface area contributed by atoms with Gasteiger partial charge in [0, 0.05) is 18.8 Å². The minimum Gasteiger partial charge on any atom is -0.399 e. The highest BCUT2D eigenvalue weighted by Crippen LogP contribution is 2.37. The van der Waals surface area contributed by atoms with E-state index in [2.05, 4.69) is 28.3 Å². The van der Waals surface area contributed by atoms with Gasteiger partial charge in [0.25, 0.3) is 0 Å². The van der Waals surface area contributed by atoms with Gasteiger partial charge in [-0.25, -0.2) is 0 Å². The van der Waals surface area contributed by atoms with Gasteiger partial charge in [0.1, 0.15) is 0 Å². The molecule has 0 amide bonds. The zero-order chi connectivity index (χ0) is 14.2. The highest BCUT2D eigenvalue weighted by atomic mass is 15.3. The van der Waals surface area contributed by atoms with Gasteiger partial charge in [-0.05, 0) is 42.0 Å². The normalized spacial score (nSPS) is 22.4. The molecule has 1 saturated carbocycles. The van der Waals surface area contributed by atoms with Gasteiger partial charge in [0.2, 0.25) is 0 Å². The third kappa shape index (κ3) is 2.23. The molecule has 0 radical (unpaired) electrons. The van der Waals surface area contributed by atoms with E-state index in [0.717, 1.165) is 24.7 Å². The summed E-state index contributed by atoms with van der Waals surface area (Å²) >= 11 is 0. The summed E-state index contributed by atoms with van der Waals surface area (Å²) in [5.41, 5.74) is 10.8. The molecular weight excluding hydrogens is 260 g/mol. The van der Waals surface area contributed by atoms with E-state index in [0.29, 0.717) is 0 Å². The number of nitrogens with two attached hydrogens (primary N) is 1. The van der Waals surface area contributed by atoms with Crippen LogP contribution in [0.3, 0.4) is 0 Å². The third-order valence-corrected chi connectivity index (χ3v) is 4.95. The highest BCUT2D eigenvalue weighted by Gasteiger charge is 2.28. The first kappa shape index (κ1) is 12.9. The van der Waals surface area contributed by atoms with Crippen molar-refractivity contribution in [2.45, 2.75) is 44.2 Å². The Balaban J connectivity index is 1.72. The number of fused-ring (bicyclic) bond motifs is 1. The molecule has 4 rings (SSSR count). The van der Waals surface area contributed by atoms with Crippen molar-refractivity contribution < 1.29 is 0 Å². The second-order valence-electron chi connectivity index (χ2n) is 6.29. The van der Waals surface area contributed by atoms with Crippen molar-refractivity contribution in [3.05, 3.63) is 47.3 Å². The summed E-state index contributed by atoms with van der Waals surface area (Å²) in [5.74, 6) is 0.718. The molecule has 2 heterocycles. The monoisotopic (exact) mass is 282 g/mol. The van der Waals surface area contributed by atoms with E-state index < -0.39 is 0 Å². The Bertz CT molecular complexity index is 640. The maximum absolute atomic E-state index is 5.94. The van der Waals surface area contributed by atoms with Gasteiger partial charge in [-0.15, -0.1) is 0 Å². The molecule has 0 saturated heterocycles. The number of anilines is 1. The van der Waals surface area contributed by atoms with Crippen molar-refractivity contribution in [1.82, 2.24) is 15.1 Å². The molecule has 2 aromatic rings. The van der Waals surface area contributed by atoms with Crippen LogP contribution < -0.4 is 11.1 Å². The van der Waals surface area contributed by atoms with Crippen LogP contribution >= 0.6 is 0 Å². The first-order valence-corrected chi connectivity index (χ1v) is 7.95. The largest absolute Gasteiger partial charge is 0.399 e. The fourth-order valence-electron chi connectivity index (χ4n) is 3.87. The molecule has 1 fully saturated rings. The highest BCUT2D eigenvalue weighted by molar-refractivity contribution is 5.42. The lowest BCUT2D eigenvalue weighted by Gasteiger charge is -2.27. The number of aromatic nitrogens is 2. The van der Waals surface area contributed by atoms with Gasteiger partial charge >= 0.3 is 0 Å². The van der Waals surface area contributed by atoms with Gasteiger partial charge in [-0.3, -0.25) is 4.68 Å². The summed E-state index contributed by atoms with van der Waals surface area (Å²) in [5, 5.41) is 8.28. The van der Waals surface area contributed by atoms with E-state index in [4.69, 9.17) is 10.8 Å². The minimum absolute atomic E-state index is 0.257. The number of nitrogens with zero attached hydrogens (tertiary/aromatic N) is 2. The zero-order valence-corrected chi connectivity index (χ0v) is 12.3. The smallest absolute Gasteiger partial charge is 0.0897 e. The van der Waals surface area contributed by atoms with E-state index in [1.807, 2.05) is 12.1 Å². The Morgan fingerprint density at radius 2 is 2.10 bits per heavy atom. The van der Waals surface area contributed by atoms with Crippen molar-refractivity contribution in [3.8, 4) is 0 Å². The summed E-state index contributed by atoms with van der Waals surface area (Å²) < 4.78 is 2.22. The fourth-order valence-corrected chi connectivity index (χ4v) is 3.87. The number of hydrogen-bond acceptors (Lipinski definition) is 3. The van der Waals surface area contributed by atoms with Crippen LogP contribution in [0.4, 0.5) is 5.69 Å². The van der Waals surface area contributed by atoms with Crippen LogP contribution in [-0.2, 0) is 6.54 Å². The Morgan fingerprint density at radius 1 is 1.24 bits per heavy atom. The molecule has 1 aliphatic carbocycles. The molecule has 21 heavy (non-hydrogen) atoms. The third-order valence-electron chi connectivity index (χ3n) is 4.95. The van der Waals surface area contributed by atoms with Crippen LogP contribution in [0.2, 0.25) is 0 Å². The van der Waals surface area contributed by atoms with Gasteiger partial charge in [0.15, 0.2) is 0 Å². The number of rotatable bonds is 2. The molecule has 0 spiro atoms. The fraction of sp³-hybridized carbons (Fsp3) is 0.471. The topological polar surface area (TPSA) is 55.9 Å². The Hall–Kier alpha value is -1.81. The predicted molar refractivity (Wildman–Crippen MR) is 84.1 cm³/mol. The van der Waals surface area contributed by atoms with Crippen molar-refractivity contribution in [2.75, 3.05) is 12.3 Å². The van der Waals surface area contributed by atoms with Crippen molar-refractivity contribution in [3.63, 3.8) is 0 Å². The van der Waals surface area contributed by atoms with Crippen LogP contribution in [0.15, 0.2) is 30.5 Å². The summed E-state index contributed by atoms with van der Waals surface area (Å²) in [4.78, 5) is 0. The van der Waals surface area contributed by atoms with E-state index in [9.17, 15) is 0 Å². The molecule has 1 aromatic carbocycles. The molecule has 1 atom stereocenters. The summed E-state index contributed by atoms with van der Waals surface area (Å²) in [6.45, 7) is 1.85. The van der Waals surface area contributed by atoms with Crippen LogP contribution in [0.1, 0.15) is 54.5 Å². The van der Waals surface area contributed by atoms with Gasteiger partial charge in [-0.1, -0.05) is 25.0 Å². The maximum atomic E-state index is 5.94. The Kier molecular flexibility index (Phi) is 3.19. The minimum atomic E-state index is 0.257. The lowest BCUT2D eigenvalue weighted by Crippen LogP contribution is -2.34. The number of benzene rings is 1. The SMILES string of the molecule is Nc1cccc(C2CNCc3c(C4CCCC4)cnn32)c1. The molecule has 1 aliphatic heterocycles. The Morgan fingerprint density at radius 3 is 2.90 bits per heavy atom. The first-order valence-electron chi connectivity index (χ1n) is 7.95. The predicted octanol–water partition coefficient (Wildman–Crippen LogP) is 2.82. The molecule has 1 unspecified atom stereocenters. The first-order chi connectivity index (χ1) is 10.3. The van der Waals surface area contributed by atoms with Crippen molar-refractivity contribution in [2.24, 2.45) is 0 Å². The standard InChI is InChI=1S/C17H22N4/c18-14-7-3-6-13(8-14)16-10-19-11-17-15(9-20-21(16)17)12-4-1-2-5-12/h3,6-9,12,16,19H,1-2,4-5,10-11,18H2. The van der Waals surface area contributed by atoms with Gasteiger partial charge < -0.3 is 11.1 Å². The second-order valence-corrected chi connectivity index (χ2v) is 6.29. The van der Waals surface area contributed by atoms with E-state index in [1.165, 1.54) is 42.5 Å².